The fourth-order valence-electron chi connectivity index (χ4n) is 12.5. The minimum absolute atomic E-state index is 0.0682. The van der Waals surface area contributed by atoms with Crippen LogP contribution in [0.5, 0.6) is 11.5 Å². The zero-order valence-electron chi connectivity index (χ0n) is 51.3. The molecule has 4 aromatic carbocycles. The van der Waals surface area contributed by atoms with Crippen LogP contribution in [0.1, 0.15) is 96.2 Å². The minimum atomic E-state index is -4.68. The van der Waals surface area contributed by atoms with Gasteiger partial charge in [-0.2, -0.15) is 0 Å². The zero-order chi connectivity index (χ0) is 64.5. The summed E-state index contributed by atoms with van der Waals surface area (Å²) in [5.74, 6) is 4.02. The van der Waals surface area contributed by atoms with Crippen LogP contribution in [-0.4, -0.2) is 166 Å². The number of nitrogens with zero attached hydrogens (tertiary/aromatic N) is 6. The van der Waals surface area contributed by atoms with Crippen LogP contribution in [-0.2, 0) is 45.2 Å². The van der Waals surface area contributed by atoms with Crippen molar-refractivity contribution in [3.8, 4) is 23.3 Å². The Labute approximate surface area is 538 Å². The van der Waals surface area contributed by atoms with Crippen LogP contribution in [0.2, 0.25) is 5.02 Å². The molecule has 4 aliphatic heterocycles. The Hall–Kier alpha value is -8.70. The van der Waals surface area contributed by atoms with Crippen molar-refractivity contribution in [3.63, 3.8) is 0 Å². The lowest BCUT2D eigenvalue weighted by Crippen LogP contribution is -2.52. The molecule has 0 bridgehead atoms. The molecular formula is C67H73ClN10O13S. The lowest BCUT2D eigenvalue weighted by molar-refractivity contribution is -0.384. The number of nitro groups is 1. The highest BCUT2D eigenvalue weighted by Crippen LogP contribution is 2.44. The number of aromatic nitrogens is 2. The third kappa shape index (κ3) is 15.8. The first-order valence-electron chi connectivity index (χ1n) is 30.9. The quantitative estimate of drug-likeness (QED) is 0.0154. The van der Waals surface area contributed by atoms with E-state index < -0.39 is 43.4 Å². The van der Waals surface area contributed by atoms with Gasteiger partial charge in [0, 0.05) is 111 Å². The number of carbonyl (C=O) groups is 5. The highest BCUT2D eigenvalue weighted by Gasteiger charge is 2.40. The van der Waals surface area contributed by atoms with E-state index in [-0.39, 0.29) is 112 Å². The third-order valence-electron chi connectivity index (χ3n) is 17.4. The number of H-pyrrole nitrogens is 1. The number of hydrogen-bond donors (Lipinski definition) is 4. The largest absolute Gasteiger partial charge is 0.455 e. The van der Waals surface area contributed by atoms with E-state index in [1.165, 1.54) is 46.0 Å². The van der Waals surface area contributed by atoms with Crippen molar-refractivity contribution in [2.75, 3.05) is 102 Å². The standard InChI is InChI=1S/C67H73ClN10O13S/c1-67(2)22-20-48(55(37-67)46-10-12-49(68)13-11-46)41-74-25-27-75(28-26-74)50-14-16-54(60(35-50)91-51-34-47-21-23-69-63(47)71-39-51)64(81)73-92(86,87)52-15-17-57(59(36-52)78(84)85)70-38-44-6-4-24-76(40-44)62(80)43-90-33-32-89-31-30-88-29-5-8-45-7-3-9-53-56(45)42-77(66(53)83)58-18-19-61(79)72-65(58)82/h3,7,9-17,21,23,34-36,39,44,58,70H,4,6,18-20,22,24-33,37-38,40-43H2,1-2H3,(H,69,71)(H,73,81)(H,72,79,82). The van der Waals surface area contributed by atoms with Gasteiger partial charge in [-0.1, -0.05) is 61.1 Å². The van der Waals surface area contributed by atoms with Crippen molar-refractivity contribution in [1.29, 1.82) is 0 Å². The Morgan fingerprint density at radius 3 is 2.49 bits per heavy atom. The van der Waals surface area contributed by atoms with Crippen molar-refractivity contribution < 1.29 is 56.3 Å². The number of pyridine rings is 1. The molecule has 482 valence electrons. The van der Waals surface area contributed by atoms with Crippen molar-refractivity contribution in [3.05, 3.63) is 152 Å². The molecule has 5 amide bonds. The molecule has 6 aromatic rings. The molecule has 25 heteroatoms. The number of benzene rings is 4. The van der Waals surface area contributed by atoms with Crippen LogP contribution in [0, 0.1) is 33.3 Å². The maximum Gasteiger partial charge on any atom is 0.293 e. The Morgan fingerprint density at radius 1 is 0.902 bits per heavy atom. The monoisotopic (exact) mass is 1290 g/mol. The number of amides is 5. The highest BCUT2D eigenvalue weighted by atomic mass is 35.5. The number of halogens is 1. The van der Waals surface area contributed by atoms with E-state index in [1.54, 1.807) is 47.5 Å². The maximum absolute atomic E-state index is 14.2. The lowest BCUT2D eigenvalue weighted by Gasteiger charge is -2.39. The summed E-state index contributed by atoms with van der Waals surface area (Å²) < 4.78 is 53.3. The van der Waals surface area contributed by atoms with Gasteiger partial charge in [-0.25, -0.2) is 18.1 Å². The number of nitro benzene ring substituents is 1. The normalized spacial score (nSPS) is 18.5. The molecule has 0 saturated carbocycles. The summed E-state index contributed by atoms with van der Waals surface area (Å²) in [6.45, 7) is 10.6. The molecule has 23 nitrogen and oxygen atoms in total. The first-order valence-corrected chi connectivity index (χ1v) is 32.8. The fraction of sp³-hybridized carbons (Fsp3) is 0.403. The van der Waals surface area contributed by atoms with E-state index in [4.69, 9.17) is 30.5 Å². The average Bonchev–Trinajstić information content (AvgIpc) is 1.86. The van der Waals surface area contributed by atoms with E-state index in [9.17, 15) is 42.5 Å². The summed E-state index contributed by atoms with van der Waals surface area (Å²) in [7, 11) is -4.68. The first-order chi connectivity index (χ1) is 44.3. The Bertz CT molecular complexity index is 4010. The predicted molar refractivity (Wildman–Crippen MR) is 345 cm³/mol. The molecule has 0 spiro atoms. The average molecular weight is 1290 g/mol. The highest BCUT2D eigenvalue weighted by molar-refractivity contribution is 7.90. The number of rotatable bonds is 23. The molecule has 2 atom stereocenters. The van der Waals surface area contributed by atoms with Crippen molar-refractivity contribution >= 4 is 84.8 Å². The zero-order valence-corrected chi connectivity index (χ0v) is 52.9. The van der Waals surface area contributed by atoms with Crippen LogP contribution in [0.15, 0.2) is 114 Å². The number of piperidine rings is 2. The molecule has 3 fully saturated rings. The number of carbonyl (C=O) groups excluding carboxylic acids is 5. The van der Waals surface area contributed by atoms with E-state index in [1.807, 2.05) is 18.2 Å². The number of allylic oxidation sites excluding steroid dienone is 1. The summed E-state index contributed by atoms with van der Waals surface area (Å²) in [6, 6.07) is 24.6. The molecule has 2 unspecified atom stereocenters. The van der Waals surface area contributed by atoms with Crippen molar-refractivity contribution in [2.24, 2.45) is 11.3 Å². The second kappa shape index (κ2) is 28.9. The Kier molecular flexibility index (Phi) is 20.3. The molecule has 11 rings (SSSR count). The number of piperazine rings is 1. The number of fused-ring (bicyclic) bond motifs is 2. The molecule has 4 N–H and O–H groups in total. The molecule has 6 heterocycles. The van der Waals surface area contributed by atoms with E-state index in [2.05, 4.69) is 72.9 Å². The summed E-state index contributed by atoms with van der Waals surface area (Å²) in [4.78, 5) is 91.2. The second-order valence-corrected chi connectivity index (χ2v) is 26.5. The van der Waals surface area contributed by atoms with Gasteiger partial charge in [0.05, 0.1) is 48.0 Å². The number of imide groups is 1. The van der Waals surface area contributed by atoms with Gasteiger partial charge in [-0.15, -0.1) is 0 Å². The number of aromatic amines is 1. The van der Waals surface area contributed by atoms with Crippen LogP contribution in [0.3, 0.4) is 0 Å². The number of likely N-dealkylation sites (tertiary alicyclic amines) is 1. The van der Waals surface area contributed by atoms with E-state index >= 15 is 0 Å². The van der Waals surface area contributed by atoms with Gasteiger partial charge in [0.25, 0.3) is 27.5 Å². The van der Waals surface area contributed by atoms with Gasteiger partial charge in [0.15, 0.2) is 0 Å². The minimum Gasteiger partial charge on any atom is -0.455 e. The smallest absolute Gasteiger partial charge is 0.293 e. The number of hydrogen-bond acceptors (Lipinski definition) is 17. The van der Waals surface area contributed by atoms with Crippen LogP contribution in [0.25, 0.3) is 16.6 Å². The predicted octanol–water partition coefficient (Wildman–Crippen LogP) is 8.33. The molecule has 5 aliphatic rings. The fourth-order valence-corrected chi connectivity index (χ4v) is 13.6. The SMILES string of the molecule is CC1(C)CCC(CN2CCN(c3ccc(C(=O)NS(=O)(=O)c4ccc(NCC5CCCN(C(=O)COCCOCCOCC#Cc6cccc7c6CN(C6CCC(=O)NC6=O)C7=O)C5)c([N+](=O)[O-])c4)c(Oc4cnc5[nH]ccc5c4)c3)CC2)=C(c2ccc(Cl)cc2)C1. The molecule has 1 aliphatic carbocycles. The van der Waals surface area contributed by atoms with Crippen molar-refractivity contribution in [2.45, 2.75) is 76.3 Å². The summed E-state index contributed by atoms with van der Waals surface area (Å²) in [5, 5.41) is 19.4. The van der Waals surface area contributed by atoms with E-state index in [0.29, 0.717) is 60.1 Å². The number of sulfonamides is 1. The number of ether oxygens (including phenoxy) is 4. The molecular weight excluding hydrogens is 1220 g/mol. The molecule has 92 heavy (non-hydrogen) atoms. The number of nitrogens with one attached hydrogen (secondary N) is 4. The number of anilines is 2. The summed E-state index contributed by atoms with van der Waals surface area (Å²) in [5.41, 5.74) is 6.97. The maximum atomic E-state index is 14.2. The first kappa shape index (κ1) is 64.8. The van der Waals surface area contributed by atoms with Crippen molar-refractivity contribution in [1.82, 2.24) is 34.7 Å². The molecule has 2 aromatic heterocycles. The van der Waals surface area contributed by atoms with Gasteiger partial charge in [-0.3, -0.25) is 44.3 Å². The van der Waals surface area contributed by atoms with Crippen LogP contribution in [0.4, 0.5) is 17.1 Å². The third-order valence-corrected chi connectivity index (χ3v) is 19.0. The Balaban J connectivity index is 0.639. The van der Waals surface area contributed by atoms with Crippen LogP contribution >= 0.6 is 11.6 Å². The Morgan fingerprint density at radius 2 is 1.70 bits per heavy atom. The summed E-state index contributed by atoms with van der Waals surface area (Å²) >= 11 is 6.27. The lowest BCUT2D eigenvalue weighted by atomic mass is 9.72. The summed E-state index contributed by atoms with van der Waals surface area (Å²) in [6.07, 6.45) is 8.23. The van der Waals surface area contributed by atoms with Gasteiger partial charge < -0.3 is 43.9 Å². The topological polar surface area (TPSA) is 277 Å². The second-order valence-electron chi connectivity index (χ2n) is 24.4. The van der Waals surface area contributed by atoms with Gasteiger partial charge in [-0.05, 0) is 127 Å². The van der Waals surface area contributed by atoms with Gasteiger partial charge >= 0.3 is 0 Å². The molecule has 0 radical (unpaired) electrons. The van der Waals surface area contributed by atoms with Crippen LogP contribution < -0.4 is 25.0 Å². The van der Waals surface area contributed by atoms with Gasteiger partial charge in [0.2, 0.25) is 17.7 Å². The van der Waals surface area contributed by atoms with E-state index in [0.717, 1.165) is 68.0 Å². The van der Waals surface area contributed by atoms with Gasteiger partial charge in [0.1, 0.15) is 42.1 Å². The molecule has 3 saturated heterocycles.